The van der Waals surface area contributed by atoms with Crippen LogP contribution in [0.25, 0.3) is 31.9 Å². The number of aromatic nitrogens is 1. The fourth-order valence-corrected chi connectivity index (χ4v) is 6.88. The van der Waals surface area contributed by atoms with E-state index in [1.165, 1.54) is 15.1 Å². The van der Waals surface area contributed by atoms with Gasteiger partial charge in [0.1, 0.15) is 10.0 Å². The predicted octanol–water partition coefficient (Wildman–Crippen LogP) is 7.35. The smallest absolute Gasteiger partial charge is 0.256 e. The number of hydrogen-bond donors (Lipinski definition) is 1. The monoisotopic (exact) mass is 517 g/mol. The van der Waals surface area contributed by atoms with E-state index in [4.69, 9.17) is 4.98 Å². The van der Waals surface area contributed by atoms with Crippen molar-refractivity contribution in [2.45, 2.75) is 13.0 Å². The van der Waals surface area contributed by atoms with E-state index in [-0.39, 0.29) is 18.3 Å². The van der Waals surface area contributed by atoms with Crippen molar-refractivity contribution in [2.24, 2.45) is 0 Å². The summed E-state index contributed by atoms with van der Waals surface area (Å²) in [4.78, 5) is 21.8. The van der Waals surface area contributed by atoms with Crippen LogP contribution in [0.3, 0.4) is 0 Å². The lowest BCUT2D eigenvalue weighted by Crippen LogP contribution is -2.25. The van der Waals surface area contributed by atoms with Gasteiger partial charge in [-0.3, -0.25) is 4.79 Å². The van der Waals surface area contributed by atoms with E-state index in [0.717, 1.165) is 51.7 Å². The second-order valence-corrected chi connectivity index (χ2v) is 10.7. The average Bonchev–Trinajstić information content (AvgIpc) is 3.44. The number of thiophene rings is 1. The summed E-state index contributed by atoms with van der Waals surface area (Å²) in [5, 5.41) is 5.11. The minimum atomic E-state index is -0.0890. The normalized spacial score (nSPS) is 13.3. The number of amides is 1. The van der Waals surface area contributed by atoms with E-state index in [1.54, 1.807) is 22.7 Å². The number of hydrogen-bond acceptors (Lipinski definition) is 5. The van der Waals surface area contributed by atoms with Crippen molar-refractivity contribution < 1.29 is 4.79 Å². The Balaban J connectivity index is 0.00000253. The molecule has 1 aliphatic rings. The third kappa shape index (κ3) is 4.62. The summed E-state index contributed by atoms with van der Waals surface area (Å²) in [6.07, 6.45) is 0.967. The molecule has 3 aromatic carbocycles. The summed E-state index contributed by atoms with van der Waals surface area (Å²) < 4.78 is 1.17. The molecule has 0 bridgehead atoms. The van der Waals surface area contributed by atoms with Gasteiger partial charge in [0, 0.05) is 29.1 Å². The van der Waals surface area contributed by atoms with Crippen molar-refractivity contribution in [2.75, 3.05) is 18.9 Å². The Bertz CT molecular complexity index is 1460. The van der Waals surface area contributed by atoms with Crippen molar-refractivity contribution in [3.63, 3.8) is 0 Å². The number of thiazole rings is 1. The Hall–Kier alpha value is -3.03. The van der Waals surface area contributed by atoms with Gasteiger partial charge in [-0.2, -0.15) is 0 Å². The van der Waals surface area contributed by atoms with Crippen molar-refractivity contribution in [3.05, 3.63) is 94.9 Å². The van der Waals surface area contributed by atoms with Crippen LogP contribution in [0.15, 0.2) is 78.9 Å². The molecule has 1 amide bonds. The van der Waals surface area contributed by atoms with Gasteiger partial charge >= 0.3 is 0 Å². The molecule has 6 rings (SSSR count). The van der Waals surface area contributed by atoms with E-state index in [2.05, 4.69) is 41.5 Å². The zero-order valence-electron chi connectivity index (χ0n) is 19.2. The third-order valence-electron chi connectivity index (χ3n) is 6.24. The van der Waals surface area contributed by atoms with Crippen LogP contribution in [0.4, 0.5) is 5.00 Å². The highest BCUT2D eigenvalue weighted by atomic mass is 35.5. The SMILES string of the molecule is CN1CCc2c(sc(NC(=O)c3ccc(-c4ccccc4)cc3)c2-c2nc3ccccc3s2)C1.Cl. The number of para-hydroxylation sites is 1. The number of anilines is 1. The summed E-state index contributed by atoms with van der Waals surface area (Å²) in [6, 6.07) is 26.2. The molecule has 1 aliphatic heterocycles. The highest BCUT2D eigenvalue weighted by molar-refractivity contribution is 7.23. The van der Waals surface area contributed by atoms with Crippen molar-refractivity contribution in [1.82, 2.24) is 9.88 Å². The first-order valence-electron chi connectivity index (χ1n) is 11.3. The van der Waals surface area contributed by atoms with E-state index >= 15 is 0 Å². The van der Waals surface area contributed by atoms with Gasteiger partial charge in [0.25, 0.3) is 5.91 Å². The maximum absolute atomic E-state index is 13.3. The van der Waals surface area contributed by atoms with Gasteiger partial charge in [-0.25, -0.2) is 4.98 Å². The highest BCUT2D eigenvalue weighted by Gasteiger charge is 2.27. The number of nitrogens with one attached hydrogen (secondary N) is 1. The standard InChI is InChI=1S/C28H23N3OS2.ClH/c1-31-16-15-21-24(17-31)34-28(25(21)27-29-22-9-5-6-10-23(22)33-27)30-26(32)20-13-11-19(12-14-20)18-7-3-2-4-8-18;/h2-14H,15-17H2,1H3,(H,30,32);1H. The third-order valence-corrected chi connectivity index (χ3v) is 8.42. The van der Waals surface area contributed by atoms with Crippen molar-refractivity contribution in [3.8, 4) is 21.7 Å². The molecular formula is C28H24ClN3OS2. The van der Waals surface area contributed by atoms with Gasteiger partial charge in [-0.05, 0) is 54.4 Å². The number of rotatable bonds is 4. The van der Waals surface area contributed by atoms with E-state index in [1.807, 2.05) is 54.6 Å². The Morgan fingerprint density at radius 3 is 2.40 bits per heavy atom. The van der Waals surface area contributed by atoms with Crippen LogP contribution < -0.4 is 5.32 Å². The first-order chi connectivity index (χ1) is 16.7. The molecule has 0 aliphatic carbocycles. The minimum Gasteiger partial charge on any atom is -0.313 e. The second-order valence-electron chi connectivity index (χ2n) is 8.58. The zero-order valence-corrected chi connectivity index (χ0v) is 21.6. The number of halogens is 1. The van der Waals surface area contributed by atoms with Crippen LogP contribution in [0.1, 0.15) is 20.8 Å². The van der Waals surface area contributed by atoms with Crippen LogP contribution in [-0.4, -0.2) is 29.4 Å². The number of benzene rings is 3. The first-order valence-corrected chi connectivity index (χ1v) is 12.9. The predicted molar refractivity (Wildman–Crippen MR) is 150 cm³/mol. The maximum atomic E-state index is 13.3. The molecule has 176 valence electrons. The molecule has 2 aromatic heterocycles. The lowest BCUT2D eigenvalue weighted by atomic mass is 10.0. The van der Waals surface area contributed by atoms with Crippen molar-refractivity contribution >= 4 is 56.2 Å². The molecule has 7 heteroatoms. The number of carbonyl (C=O) groups excluding carboxylic acids is 1. The number of fused-ring (bicyclic) bond motifs is 2. The molecule has 5 aromatic rings. The van der Waals surface area contributed by atoms with Crippen LogP contribution in [0, 0.1) is 0 Å². The highest BCUT2D eigenvalue weighted by Crippen LogP contribution is 2.45. The summed E-state index contributed by atoms with van der Waals surface area (Å²) in [5.41, 5.74) is 6.33. The largest absolute Gasteiger partial charge is 0.313 e. The molecule has 0 atom stereocenters. The maximum Gasteiger partial charge on any atom is 0.256 e. The molecule has 0 unspecified atom stereocenters. The molecule has 0 radical (unpaired) electrons. The van der Waals surface area contributed by atoms with Crippen LogP contribution >= 0.6 is 35.1 Å². The van der Waals surface area contributed by atoms with Crippen LogP contribution in [0.2, 0.25) is 0 Å². The van der Waals surface area contributed by atoms with Gasteiger partial charge in [-0.15, -0.1) is 35.1 Å². The van der Waals surface area contributed by atoms with E-state index in [9.17, 15) is 4.79 Å². The van der Waals surface area contributed by atoms with Gasteiger partial charge in [0.05, 0.1) is 10.2 Å². The summed E-state index contributed by atoms with van der Waals surface area (Å²) in [6.45, 7) is 1.91. The molecule has 0 fully saturated rings. The number of carbonyl (C=O) groups is 1. The first kappa shape index (κ1) is 23.7. The molecule has 0 saturated heterocycles. The minimum absolute atomic E-state index is 0. The summed E-state index contributed by atoms with van der Waals surface area (Å²) in [5.74, 6) is -0.0890. The van der Waals surface area contributed by atoms with Gasteiger partial charge in [0.2, 0.25) is 0 Å². The average molecular weight is 518 g/mol. The molecule has 1 N–H and O–H groups in total. The van der Waals surface area contributed by atoms with Crippen molar-refractivity contribution in [1.29, 1.82) is 0 Å². The van der Waals surface area contributed by atoms with Gasteiger partial charge in [0.15, 0.2) is 0 Å². The number of likely N-dealkylation sites (N-methyl/N-ethyl adjacent to an activating group) is 1. The topological polar surface area (TPSA) is 45.2 Å². The van der Waals surface area contributed by atoms with E-state index < -0.39 is 0 Å². The zero-order chi connectivity index (χ0) is 23.1. The molecular weight excluding hydrogens is 494 g/mol. The Kier molecular flexibility index (Phi) is 6.71. The summed E-state index contributed by atoms with van der Waals surface area (Å²) >= 11 is 3.38. The molecule has 3 heterocycles. The van der Waals surface area contributed by atoms with E-state index in [0.29, 0.717) is 5.56 Å². The lowest BCUT2D eigenvalue weighted by Gasteiger charge is -2.22. The van der Waals surface area contributed by atoms with Gasteiger partial charge in [-0.1, -0.05) is 54.6 Å². The molecule has 0 spiro atoms. The number of nitrogens with zero attached hydrogens (tertiary/aromatic N) is 2. The quantitative estimate of drug-likeness (QED) is 0.271. The fourth-order valence-electron chi connectivity index (χ4n) is 4.44. The second kappa shape index (κ2) is 9.91. The molecule has 0 saturated carbocycles. The summed E-state index contributed by atoms with van der Waals surface area (Å²) in [7, 11) is 2.15. The molecule has 35 heavy (non-hydrogen) atoms. The van der Waals surface area contributed by atoms with Crippen LogP contribution in [-0.2, 0) is 13.0 Å². The van der Waals surface area contributed by atoms with Crippen LogP contribution in [0.5, 0.6) is 0 Å². The fraction of sp³-hybridized carbons (Fsp3) is 0.143. The Labute approximate surface area is 218 Å². The lowest BCUT2D eigenvalue weighted by molar-refractivity contribution is 0.102. The van der Waals surface area contributed by atoms with Gasteiger partial charge < -0.3 is 10.2 Å². The Morgan fingerprint density at radius 1 is 0.914 bits per heavy atom. The molecule has 4 nitrogen and oxygen atoms in total. The Morgan fingerprint density at radius 2 is 1.63 bits per heavy atom.